The minimum Gasteiger partial charge on any atom is -0.445 e. The molecule has 2 spiro atoms. The lowest BCUT2D eigenvalue weighted by Gasteiger charge is -2.64. The first-order valence-corrected chi connectivity index (χ1v) is 9.15. The molecule has 1 aliphatic heterocycles. The van der Waals surface area contributed by atoms with E-state index in [9.17, 15) is 4.79 Å². The summed E-state index contributed by atoms with van der Waals surface area (Å²) in [6.45, 7) is 1.97. The molecule has 2 saturated carbocycles. The van der Waals surface area contributed by atoms with Crippen LogP contribution in [0, 0.1) is 22.2 Å². The van der Waals surface area contributed by atoms with Crippen LogP contribution in [0.15, 0.2) is 42.0 Å². The fraction of sp³-hybridized carbons (Fsp3) is 0.524. The first-order chi connectivity index (χ1) is 12.1. The van der Waals surface area contributed by atoms with Crippen LogP contribution < -0.4 is 0 Å². The van der Waals surface area contributed by atoms with E-state index in [2.05, 4.69) is 6.07 Å². The van der Waals surface area contributed by atoms with Crippen molar-refractivity contribution in [1.82, 2.24) is 4.90 Å². The summed E-state index contributed by atoms with van der Waals surface area (Å²) < 4.78 is 5.45. The summed E-state index contributed by atoms with van der Waals surface area (Å²) in [5.41, 5.74) is 3.27. The molecule has 4 heteroatoms. The zero-order valence-corrected chi connectivity index (χ0v) is 14.5. The molecule has 25 heavy (non-hydrogen) atoms. The summed E-state index contributed by atoms with van der Waals surface area (Å²) >= 11 is 0. The van der Waals surface area contributed by atoms with Crippen molar-refractivity contribution in [2.45, 2.75) is 45.1 Å². The number of amides is 1. The largest absolute Gasteiger partial charge is 0.445 e. The van der Waals surface area contributed by atoms with Gasteiger partial charge in [0, 0.05) is 19.2 Å². The Balaban J connectivity index is 1.22. The number of nitriles is 1. The summed E-state index contributed by atoms with van der Waals surface area (Å²) in [5.74, 6) is 0. The molecule has 1 amide bonds. The van der Waals surface area contributed by atoms with E-state index in [1.165, 1.54) is 18.4 Å². The number of piperidine rings is 1. The number of ether oxygens (including phenoxy) is 1. The molecule has 0 bridgehead atoms. The van der Waals surface area contributed by atoms with Gasteiger partial charge in [-0.1, -0.05) is 35.9 Å². The van der Waals surface area contributed by atoms with Crippen LogP contribution in [0.5, 0.6) is 0 Å². The minimum absolute atomic E-state index is 0.185. The van der Waals surface area contributed by atoms with Gasteiger partial charge < -0.3 is 9.64 Å². The van der Waals surface area contributed by atoms with Crippen molar-refractivity contribution in [2.75, 3.05) is 13.1 Å². The highest BCUT2D eigenvalue weighted by atomic mass is 16.6. The van der Waals surface area contributed by atoms with Crippen LogP contribution in [-0.2, 0) is 11.3 Å². The van der Waals surface area contributed by atoms with E-state index in [4.69, 9.17) is 10.00 Å². The molecule has 3 fully saturated rings. The number of rotatable bonds is 2. The summed E-state index contributed by atoms with van der Waals surface area (Å²) in [4.78, 5) is 14.1. The van der Waals surface area contributed by atoms with E-state index in [0.29, 0.717) is 17.4 Å². The van der Waals surface area contributed by atoms with E-state index < -0.39 is 0 Å². The fourth-order valence-electron chi connectivity index (χ4n) is 5.22. The second-order valence-electron chi connectivity index (χ2n) is 8.17. The van der Waals surface area contributed by atoms with E-state index in [0.717, 1.165) is 44.3 Å². The number of carbonyl (C=O) groups is 1. The highest BCUT2D eigenvalue weighted by molar-refractivity contribution is 5.67. The summed E-state index contributed by atoms with van der Waals surface area (Å²) in [6, 6.07) is 12.0. The number of nitrogens with zero attached hydrogens (tertiary/aromatic N) is 2. The number of allylic oxidation sites excluding steroid dienone is 2. The van der Waals surface area contributed by atoms with Gasteiger partial charge in [-0.3, -0.25) is 0 Å². The van der Waals surface area contributed by atoms with Gasteiger partial charge in [0.25, 0.3) is 0 Å². The first kappa shape index (κ1) is 16.2. The van der Waals surface area contributed by atoms with Crippen molar-refractivity contribution >= 4 is 6.09 Å². The van der Waals surface area contributed by atoms with Gasteiger partial charge in [0.1, 0.15) is 6.61 Å². The molecule has 2 aliphatic carbocycles. The van der Waals surface area contributed by atoms with E-state index in [1.54, 1.807) is 6.08 Å². The highest BCUT2D eigenvalue weighted by Crippen LogP contribution is 2.68. The Morgan fingerprint density at radius 1 is 1.16 bits per heavy atom. The van der Waals surface area contributed by atoms with Crippen LogP contribution >= 0.6 is 0 Å². The molecule has 130 valence electrons. The number of likely N-dealkylation sites (tertiary alicyclic amines) is 1. The Bertz CT molecular complexity index is 706. The highest BCUT2D eigenvalue weighted by Gasteiger charge is 2.58. The standard InChI is InChI=1S/C21H24N2O2/c22-9-6-18-12-21(13-18)15-20(16-21)7-10-23(11-8-20)19(24)25-14-17-4-2-1-3-5-17/h1-6H,7-8,10-16H2. The zero-order chi connectivity index (χ0) is 17.3. The Kier molecular flexibility index (Phi) is 4.03. The summed E-state index contributed by atoms with van der Waals surface area (Å²) in [7, 11) is 0. The maximum atomic E-state index is 12.3. The zero-order valence-electron chi connectivity index (χ0n) is 14.5. The van der Waals surface area contributed by atoms with Crippen molar-refractivity contribution in [1.29, 1.82) is 5.26 Å². The molecule has 1 aromatic rings. The topological polar surface area (TPSA) is 53.3 Å². The average molecular weight is 336 g/mol. The van der Waals surface area contributed by atoms with Crippen LogP contribution in [0.1, 0.15) is 44.1 Å². The lowest BCUT2D eigenvalue weighted by atomic mass is 9.42. The van der Waals surface area contributed by atoms with Gasteiger partial charge in [-0.05, 0) is 54.9 Å². The number of benzene rings is 1. The Hall–Kier alpha value is -2.28. The molecule has 4 nitrogen and oxygen atoms in total. The van der Waals surface area contributed by atoms with Crippen molar-refractivity contribution in [3.05, 3.63) is 47.5 Å². The van der Waals surface area contributed by atoms with E-state index in [-0.39, 0.29) is 6.09 Å². The maximum Gasteiger partial charge on any atom is 0.410 e. The number of hydrogen-bond acceptors (Lipinski definition) is 3. The Morgan fingerprint density at radius 2 is 1.84 bits per heavy atom. The third kappa shape index (κ3) is 3.16. The van der Waals surface area contributed by atoms with Crippen LogP contribution in [-0.4, -0.2) is 24.1 Å². The van der Waals surface area contributed by atoms with Crippen molar-refractivity contribution in [3.8, 4) is 6.07 Å². The van der Waals surface area contributed by atoms with Crippen molar-refractivity contribution in [3.63, 3.8) is 0 Å². The molecule has 3 aliphatic rings. The summed E-state index contributed by atoms with van der Waals surface area (Å²) in [6.07, 6.45) is 8.50. The van der Waals surface area contributed by atoms with Gasteiger partial charge in [0.15, 0.2) is 0 Å². The van der Waals surface area contributed by atoms with Crippen LogP contribution in [0.2, 0.25) is 0 Å². The van der Waals surface area contributed by atoms with Gasteiger partial charge in [-0.15, -0.1) is 0 Å². The molecule has 1 saturated heterocycles. The van der Waals surface area contributed by atoms with Gasteiger partial charge in [0.05, 0.1) is 6.07 Å². The molecule has 4 rings (SSSR count). The number of hydrogen-bond donors (Lipinski definition) is 0. The van der Waals surface area contributed by atoms with Gasteiger partial charge in [0.2, 0.25) is 0 Å². The molecule has 1 aromatic carbocycles. The van der Waals surface area contributed by atoms with Gasteiger partial charge >= 0.3 is 6.09 Å². The van der Waals surface area contributed by atoms with Gasteiger partial charge in [-0.25, -0.2) is 4.79 Å². The molecule has 1 heterocycles. The normalized spacial score (nSPS) is 22.7. The second-order valence-corrected chi connectivity index (χ2v) is 8.17. The lowest BCUT2D eigenvalue weighted by molar-refractivity contribution is -0.100. The minimum atomic E-state index is -0.185. The molecular formula is C21H24N2O2. The van der Waals surface area contributed by atoms with Crippen molar-refractivity contribution in [2.24, 2.45) is 10.8 Å². The third-order valence-electron chi connectivity index (χ3n) is 6.26. The smallest absolute Gasteiger partial charge is 0.410 e. The maximum absolute atomic E-state index is 12.3. The van der Waals surface area contributed by atoms with E-state index >= 15 is 0 Å². The Morgan fingerprint density at radius 3 is 2.48 bits per heavy atom. The molecule has 0 N–H and O–H groups in total. The molecular weight excluding hydrogens is 312 g/mol. The molecule has 0 aromatic heterocycles. The van der Waals surface area contributed by atoms with Crippen molar-refractivity contribution < 1.29 is 9.53 Å². The van der Waals surface area contributed by atoms with Gasteiger partial charge in [-0.2, -0.15) is 5.26 Å². The molecule has 0 unspecified atom stereocenters. The molecule has 0 radical (unpaired) electrons. The fourth-order valence-corrected chi connectivity index (χ4v) is 5.22. The monoisotopic (exact) mass is 336 g/mol. The first-order valence-electron chi connectivity index (χ1n) is 9.15. The third-order valence-corrected chi connectivity index (χ3v) is 6.26. The predicted molar refractivity (Wildman–Crippen MR) is 94.5 cm³/mol. The average Bonchev–Trinajstić information content (AvgIpc) is 2.58. The van der Waals surface area contributed by atoms with Crippen LogP contribution in [0.25, 0.3) is 0 Å². The SMILES string of the molecule is N#CC=C1CC2(C1)CC1(CCN(C(=O)OCc3ccccc3)CC1)C2. The van der Waals surface area contributed by atoms with E-state index in [1.807, 2.05) is 35.2 Å². The number of carbonyl (C=O) groups excluding carboxylic acids is 1. The summed E-state index contributed by atoms with van der Waals surface area (Å²) in [5, 5.41) is 8.73. The second kappa shape index (κ2) is 6.22. The van der Waals surface area contributed by atoms with Crippen LogP contribution in [0.3, 0.4) is 0 Å². The predicted octanol–water partition coefficient (Wildman–Crippen LogP) is 4.43. The van der Waals surface area contributed by atoms with Crippen LogP contribution in [0.4, 0.5) is 4.79 Å². The lowest BCUT2D eigenvalue weighted by Crippen LogP contribution is -2.56. The Labute approximate surface area is 149 Å². The quantitative estimate of drug-likeness (QED) is 0.751. The molecule has 0 atom stereocenters.